The minimum Gasteiger partial charge on any atom is -0.466 e. The van der Waals surface area contributed by atoms with Crippen molar-refractivity contribution in [2.45, 2.75) is 25.9 Å². The van der Waals surface area contributed by atoms with Crippen LogP contribution in [0.2, 0.25) is 0 Å². The normalized spacial score (nSPS) is 11.8. The molecule has 0 bridgehead atoms. The Hall–Kier alpha value is -1.00. The zero-order chi connectivity index (χ0) is 15.5. The fraction of sp³-hybridized carbons (Fsp3) is 0.455. The highest BCUT2D eigenvalue weighted by Crippen LogP contribution is 2.39. The van der Waals surface area contributed by atoms with E-state index in [0.717, 1.165) is 0 Å². The first-order valence-corrected chi connectivity index (χ1v) is 6.44. The van der Waals surface area contributed by atoms with E-state index < -0.39 is 41.7 Å². The minimum absolute atomic E-state index is 0.0151. The second-order valence-electron chi connectivity index (χ2n) is 3.64. The number of nitrogens with zero attached hydrogens (tertiary/aromatic N) is 1. The van der Waals surface area contributed by atoms with Gasteiger partial charge in [0.05, 0.1) is 18.6 Å². The second-order valence-corrected chi connectivity index (χ2v) is 4.66. The van der Waals surface area contributed by atoms with Crippen LogP contribution in [0.3, 0.4) is 0 Å². The molecule has 0 radical (unpaired) electrons. The van der Waals surface area contributed by atoms with Crippen molar-refractivity contribution in [3.63, 3.8) is 0 Å². The molecular formula is C11H9F5INO2. The predicted molar refractivity (Wildman–Crippen MR) is 67.2 cm³/mol. The smallest absolute Gasteiger partial charge is 0.417 e. The molecule has 1 heterocycles. The van der Waals surface area contributed by atoms with E-state index in [-0.39, 0.29) is 10.3 Å². The van der Waals surface area contributed by atoms with E-state index in [1.165, 1.54) is 29.5 Å². The van der Waals surface area contributed by atoms with E-state index in [0.29, 0.717) is 6.20 Å². The van der Waals surface area contributed by atoms with Gasteiger partial charge in [-0.2, -0.15) is 13.2 Å². The summed E-state index contributed by atoms with van der Waals surface area (Å²) in [5, 5.41) is 0. The number of halogens is 6. The van der Waals surface area contributed by atoms with Gasteiger partial charge in [0.15, 0.2) is 0 Å². The molecule has 0 spiro atoms. The van der Waals surface area contributed by atoms with E-state index in [4.69, 9.17) is 0 Å². The number of carbonyl (C=O) groups excluding carboxylic acids is 1. The molecule has 3 nitrogen and oxygen atoms in total. The molecule has 1 aromatic rings. The average molecular weight is 409 g/mol. The molecule has 0 aromatic carbocycles. The standard InChI is InChI=1S/C11H9F5INO2/c1-2-20-7(19)3-5-8(11(14,15)16)6(9(12)13)4-18-10(5)17/h4,9H,2-3H2,1H3. The van der Waals surface area contributed by atoms with E-state index in [2.05, 4.69) is 9.72 Å². The summed E-state index contributed by atoms with van der Waals surface area (Å²) in [6, 6.07) is 0. The molecule has 0 atom stereocenters. The number of rotatable bonds is 4. The summed E-state index contributed by atoms with van der Waals surface area (Å²) in [7, 11) is 0. The number of hydrogen-bond acceptors (Lipinski definition) is 3. The predicted octanol–water partition coefficient (Wildman–Crippen LogP) is 3.75. The van der Waals surface area contributed by atoms with Crippen LogP contribution in [0, 0.1) is 3.70 Å². The first-order valence-electron chi connectivity index (χ1n) is 5.36. The first-order chi connectivity index (χ1) is 9.18. The lowest BCUT2D eigenvalue weighted by Crippen LogP contribution is -2.19. The second kappa shape index (κ2) is 6.64. The van der Waals surface area contributed by atoms with Crippen molar-refractivity contribution in [1.82, 2.24) is 4.98 Å². The number of hydrogen-bond donors (Lipinski definition) is 0. The lowest BCUT2D eigenvalue weighted by molar-refractivity contribution is -0.144. The average Bonchev–Trinajstić information content (AvgIpc) is 2.29. The monoisotopic (exact) mass is 409 g/mol. The molecule has 0 unspecified atom stereocenters. The Morgan fingerprint density at radius 3 is 2.50 bits per heavy atom. The lowest BCUT2D eigenvalue weighted by Gasteiger charge is -2.17. The molecule has 1 aromatic heterocycles. The van der Waals surface area contributed by atoms with E-state index in [1.54, 1.807) is 0 Å². The van der Waals surface area contributed by atoms with Gasteiger partial charge in [0.1, 0.15) is 3.70 Å². The fourth-order valence-corrected chi connectivity index (χ4v) is 2.16. The summed E-state index contributed by atoms with van der Waals surface area (Å²) in [6.07, 6.45) is -8.62. The van der Waals surface area contributed by atoms with Crippen molar-refractivity contribution in [2.75, 3.05) is 6.61 Å². The fourth-order valence-electron chi connectivity index (χ4n) is 1.56. The highest BCUT2D eigenvalue weighted by atomic mass is 127. The van der Waals surface area contributed by atoms with Gasteiger partial charge >= 0.3 is 12.1 Å². The molecule has 0 N–H and O–H groups in total. The van der Waals surface area contributed by atoms with Gasteiger partial charge in [-0.05, 0) is 29.5 Å². The third-order valence-electron chi connectivity index (χ3n) is 2.30. The Morgan fingerprint density at radius 1 is 1.45 bits per heavy atom. The van der Waals surface area contributed by atoms with E-state index in [1.807, 2.05) is 0 Å². The van der Waals surface area contributed by atoms with Gasteiger partial charge < -0.3 is 4.74 Å². The molecule has 20 heavy (non-hydrogen) atoms. The van der Waals surface area contributed by atoms with Gasteiger partial charge in [-0.1, -0.05) is 0 Å². The van der Waals surface area contributed by atoms with Crippen LogP contribution >= 0.6 is 22.6 Å². The number of esters is 1. The van der Waals surface area contributed by atoms with Crippen molar-refractivity contribution in [3.05, 3.63) is 26.6 Å². The summed E-state index contributed by atoms with van der Waals surface area (Å²) in [5.41, 5.74) is -3.34. The van der Waals surface area contributed by atoms with Crippen LogP contribution in [-0.2, 0) is 22.1 Å². The van der Waals surface area contributed by atoms with E-state index in [9.17, 15) is 26.7 Å². The number of pyridine rings is 1. The van der Waals surface area contributed by atoms with Crippen molar-refractivity contribution in [3.8, 4) is 0 Å². The lowest BCUT2D eigenvalue weighted by atomic mass is 10.0. The van der Waals surface area contributed by atoms with Crippen LogP contribution in [0.15, 0.2) is 6.20 Å². The van der Waals surface area contributed by atoms with Crippen LogP contribution in [0.5, 0.6) is 0 Å². The Bertz CT molecular complexity index is 504. The Labute approximate surface area is 124 Å². The molecule has 0 aliphatic carbocycles. The largest absolute Gasteiger partial charge is 0.466 e. The summed E-state index contributed by atoms with van der Waals surface area (Å²) < 4.78 is 68.7. The maximum atomic E-state index is 13.0. The molecule has 9 heteroatoms. The molecule has 0 amide bonds. The van der Waals surface area contributed by atoms with Gasteiger partial charge in [0.25, 0.3) is 6.43 Å². The van der Waals surface area contributed by atoms with Crippen LogP contribution in [0.25, 0.3) is 0 Å². The van der Waals surface area contributed by atoms with Crippen LogP contribution in [0.1, 0.15) is 30.0 Å². The molecule has 0 aliphatic heterocycles. The summed E-state index contributed by atoms with van der Waals surface area (Å²) in [4.78, 5) is 14.8. The summed E-state index contributed by atoms with van der Waals surface area (Å²) in [5.74, 6) is -0.927. The zero-order valence-electron chi connectivity index (χ0n) is 10.1. The Balaban J connectivity index is 3.40. The third-order valence-corrected chi connectivity index (χ3v) is 3.23. The maximum Gasteiger partial charge on any atom is 0.417 e. The molecule has 1 rings (SSSR count). The molecule has 0 aliphatic rings. The maximum absolute atomic E-state index is 13.0. The van der Waals surface area contributed by atoms with Crippen molar-refractivity contribution in [2.24, 2.45) is 0 Å². The molecule has 0 saturated heterocycles. The number of ether oxygens (including phenoxy) is 1. The molecule has 0 fully saturated rings. The first kappa shape index (κ1) is 17.1. The Kier molecular flexibility index (Phi) is 5.66. The van der Waals surface area contributed by atoms with Crippen LogP contribution in [0.4, 0.5) is 22.0 Å². The zero-order valence-corrected chi connectivity index (χ0v) is 12.3. The van der Waals surface area contributed by atoms with Gasteiger partial charge in [-0.3, -0.25) is 4.79 Å². The summed E-state index contributed by atoms with van der Waals surface area (Å²) in [6.45, 7) is 1.47. The number of alkyl halides is 5. The van der Waals surface area contributed by atoms with Crippen molar-refractivity contribution < 1.29 is 31.5 Å². The molecule has 0 saturated carbocycles. The highest BCUT2D eigenvalue weighted by molar-refractivity contribution is 14.1. The Morgan fingerprint density at radius 2 is 2.05 bits per heavy atom. The molecule has 112 valence electrons. The summed E-state index contributed by atoms with van der Waals surface area (Å²) >= 11 is 1.46. The minimum atomic E-state index is -5.00. The van der Waals surface area contributed by atoms with Gasteiger partial charge in [-0.15, -0.1) is 0 Å². The quantitative estimate of drug-likeness (QED) is 0.329. The van der Waals surface area contributed by atoms with Gasteiger partial charge in [0.2, 0.25) is 0 Å². The third kappa shape index (κ3) is 4.00. The van der Waals surface area contributed by atoms with E-state index >= 15 is 0 Å². The van der Waals surface area contributed by atoms with Crippen molar-refractivity contribution in [1.29, 1.82) is 0 Å². The van der Waals surface area contributed by atoms with Gasteiger partial charge in [0, 0.05) is 17.3 Å². The van der Waals surface area contributed by atoms with Crippen LogP contribution < -0.4 is 0 Å². The number of carbonyl (C=O) groups is 1. The van der Waals surface area contributed by atoms with Crippen molar-refractivity contribution >= 4 is 28.6 Å². The van der Waals surface area contributed by atoms with Crippen LogP contribution in [-0.4, -0.2) is 17.6 Å². The topological polar surface area (TPSA) is 39.2 Å². The highest BCUT2D eigenvalue weighted by Gasteiger charge is 2.40. The SMILES string of the molecule is CCOC(=O)Cc1c(I)ncc(C(F)F)c1C(F)(F)F. The molecular weight excluding hydrogens is 400 g/mol. The van der Waals surface area contributed by atoms with Gasteiger partial charge in [-0.25, -0.2) is 13.8 Å². The number of aromatic nitrogens is 1.